The number of urea groups is 1. The number of carbonyl (C=O) groups excluding carboxylic acids is 8. The molecule has 4 radical (unpaired) electrons. The van der Waals surface area contributed by atoms with Gasteiger partial charge in [-0.3, -0.25) is 33.6 Å². The summed E-state index contributed by atoms with van der Waals surface area (Å²) in [6.07, 6.45) is 13.3. The molecule has 0 saturated heterocycles. The Morgan fingerprint density at radius 2 is 1.29 bits per heavy atom. The zero-order valence-electron chi connectivity index (χ0n) is 46.2. The van der Waals surface area contributed by atoms with Crippen LogP contribution in [0.2, 0.25) is 0 Å². The summed E-state index contributed by atoms with van der Waals surface area (Å²) in [5.41, 5.74) is 5.73. The first-order chi connectivity index (χ1) is 35.1. The maximum Gasteiger partial charge on any atom is 0.312 e. The van der Waals surface area contributed by atoms with Gasteiger partial charge in [0.25, 0.3) is 5.91 Å². The van der Waals surface area contributed by atoms with Crippen LogP contribution in [0.5, 0.6) is 0 Å². The van der Waals surface area contributed by atoms with Gasteiger partial charge in [0.15, 0.2) is 5.78 Å². The molecule has 4 unspecified atom stereocenters. The van der Waals surface area contributed by atoms with Gasteiger partial charge < -0.3 is 47.1 Å². The monoisotopic (exact) mass is 1080 g/mol. The summed E-state index contributed by atoms with van der Waals surface area (Å²) < 4.78 is 10.1. The first kappa shape index (κ1) is 70.0. The quantitative estimate of drug-likeness (QED) is 0.0315. The summed E-state index contributed by atoms with van der Waals surface area (Å²) in [6.45, 7) is 19.2. The molecule has 21 heteroatoms. The van der Waals surface area contributed by atoms with Gasteiger partial charge in [0.2, 0.25) is 37.3 Å². The Kier molecular flexibility index (Phi) is 35.9. The molecule has 1 saturated carbocycles. The number of ketones is 1. The predicted octanol–water partition coefficient (Wildman–Crippen LogP) is 7.73. The van der Waals surface area contributed by atoms with Crippen LogP contribution in [0, 0.1) is 11.8 Å². The summed E-state index contributed by atoms with van der Waals surface area (Å²) in [7, 11) is 10.7. The number of amides is 7. The van der Waals surface area contributed by atoms with E-state index in [1.165, 1.54) is 51.4 Å². The standard InChI is InChI=1S/C22H33BN2O4.C18H24BN3O5.C10H20S2.C4H10N2O/c1-7-15(2)19(27)16-8-10-17(11-9-16)20(28)24-14-18(26)25-21(3,4)12-13-29-22(5,6)23;1-4-14(23)22-16(11(2)3)17(25)20-9-15(24)21-13-7-5-12(6-8-13)10-27-18(19)26;11-9-6-4-2-1-3-5-7-10(12)8-9;1-2-3-6-4(5)7/h8-11,15H,7,12-14H2,1-6H3,(H,24,28)(H,25,26);5-8,11,16H,4,9-10H2,1-3H3,(H,20,25)(H,21,24)(H,22,23);9-12H,1-8H2;2-3H2,1H3,(H3,5,6,7). The highest BCUT2D eigenvalue weighted by molar-refractivity contribution is 7.81. The highest BCUT2D eigenvalue weighted by atomic mass is 32.1. The van der Waals surface area contributed by atoms with Gasteiger partial charge >= 0.3 is 6.03 Å². The van der Waals surface area contributed by atoms with E-state index in [-0.39, 0.29) is 61.5 Å². The fourth-order valence-electron chi connectivity index (χ4n) is 6.79. The Morgan fingerprint density at radius 1 is 0.747 bits per heavy atom. The van der Waals surface area contributed by atoms with Crippen LogP contribution in [0.4, 0.5) is 15.3 Å². The third-order valence-electron chi connectivity index (χ3n) is 11.4. The van der Waals surface area contributed by atoms with Crippen molar-refractivity contribution in [3.63, 3.8) is 0 Å². The van der Waals surface area contributed by atoms with E-state index in [1.54, 1.807) is 69.3 Å². The van der Waals surface area contributed by atoms with E-state index in [0.29, 0.717) is 52.5 Å². The van der Waals surface area contributed by atoms with Crippen molar-refractivity contribution in [3.05, 3.63) is 65.2 Å². The molecule has 3 rings (SSSR count). The first-order valence-electron chi connectivity index (χ1n) is 26.1. The van der Waals surface area contributed by atoms with Crippen molar-refractivity contribution >= 4 is 93.9 Å². The number of nitrogens with two attached hydrogens (primary N) is 1. The van der Waals surface area contributed by atoms with Gasteiger partial charge in [-0.15, -0.1) is 0 Å². The average molecular weight is 1080 g/mol. The molecule has 0 aliphatic heterocycles. The molecule has 75 heavy (non-hydrogen) atoms. The fraction of sp³-hybridized carbons (Fsp3) is 0.630. The highest BCUT2D eigenvalue weighted by Gasteiger charge is 2.25. The summed E-state index contributed by atoms with van der Waals surface area (Å²) >= 11 is 9.14. The first-order valence-corrected chi connectivity index (χ1v) is 27.1. The van der Waals surface area contributed by atoms with Crippen molar-refractivity contribution in [1.29, 1.82) is 0 Å². The molecular formula is C54H87B2N7O10S2. The molecule has 416 valence electrons. The van der Waals surface area contributed by atoms with Gasteiger partial charge in [-0.05, 0) is 102 Å². The number of primary amides is 1. The van der Waals surface area contributed by atoms with E-state index in [4.69, 9.17) is 26.2 Å². The minimum atomic E-state index is -0.863. The molecule has 1 aliphatic rings. The molecule has 2 aromatic carbocycles. The number of nitrogens with one attached hydrogen (secondary N) is 6. The lowest BCUT2D eigenvalue weighted by Gasteiger charge is -2.28. The van der Waals surface area contributed by atoms with Gasteiger partial charge in [-0.2, -0.15) is 25.3 Å². The second kappa shape index (κ2) is 38.5. The van der Waals surface area contributed by atoms with Crippen LogP contribution >= 0.6 is 25.3 Å². The lowest BCUT2D eigenvalue weighted by atomic mass is 9.85. The number of thiol groups is 2. The third-order valence-corrected chi connectivity index (χ3v) is 12.3. The number of anilines is 1. The Labute approximate surface area is 461 Å². The Balaban J connectivity index is 0.00000109. The normalized spacial score (nSPS) is 15.4. The number of carbonyl (C=O) groups is 8. The Hall–Kier alpha value is -5.01. The van der Waals surface area contributed by atoms with Crippen molar-refractivity contribution in [2.75, 3.05) is 31.6 Å². The van der Waals surface area contributed by atoms with Gasteiger partial charge in [0, 0.05) is 63.8 Å². The van der Waals surface area contributed by atoms with Crippen LogP contribution < -0.4 is 37.6 Å². The van der Waals surface area contributed by atoms with E-state index < -0.39 is 40.8 Å². The lowest BCUT2D eigenvalue weighted by Crippen LogP contribution is -2.50. The molecule has 0 heterocycles. The van der Waals surface area contributed by atoms with E-state index in [9.17, 15) is 38.4 Å². The van der Waals surface area contributed by atoms with Crippen LogP contribution in [-0.2, 0) is 35.3 Å². The van der Waals surface area contributed by atoms with Crippen molar-refractivity contribution < 1.29 is 47.8 Å². The topological polar surface area (TPSA) is 253 Å². The van der Waals surface area contributed by atoms with Crippen LogP contribution in [-0.4, -0.2) is 117 Å². The molecule has 4 atom stereocenters. The zero-order chi connectivity index (χ0) is 57.1. The van der Waals surface area contributed by atoms with E-state index in [0.717, 1.165) is 12.8 Å². The van der Waals surface area contributed by atoms with E-state index >= 15 is 0 Å². The third kappa shape index (κ3) is 35.8. The number of Topliss-reactive ketones (excluding diaryl/α,β-unsaturated/α-hetero) is 1. The van der Waals surface area contributed by atoms with Crippen molar-refractivity contribution in [1.82, 2.24) is 26.6 Å². The molecular weight excluding hydrogens is 992 g/mol. The maximum absolute atomic E-state index is 12.3. The number of benzene rings is 2. The summed E-state index contributed by atoms with van der Waals surface area (Å²) in [4.78, 5) is 92.7. The predicted molar refractivity (Wildman–Crippen MR) is 307 cm³/mol. The molecule has 1 fully saturated rings. The van der Waals surface area contributed by atoms with E-state index in [2.05, 4.69) is 61.9 Å². The van der Waals surface area contributed by atoms with Gasteiger partial charge in [-0.25, -0.2) is 4.79 Å². The number of rotatable bonds is 22. The Morgan fingerprint density at radius 3 is 1.77 bits per heavy atom. The van der Waals surface area contributed by atoms with Crippen LogP contribution in [0.25, 0.3) is 0 Å². The molecule has 1 aliphatic carbocycles. The number of hydrogen-bond donors (Lipinski definition) is 9. The number of hydrogen-bond acceptors (Lipinski definition) is 12. The average Bonchev–Trinajstić information content (AvgIpc) is 3.34. The van der Waals surface area contributed by atoms with Gasteiger partial charge in [-0.1, -0.05) is 97.9 Å². The summed E-state index contributed by atoms with van der Waals surface area (Å²) in [6, 6.07) is 12.0. The lowest BCUT2D eigenvalue weighted by molar-refractivity contribution is -0.130. The largest absolute Gasteiger partial charge is 0.470 e. The van der Waals surface area contributed by atoms with E-state index in [1.807, 2.05) is 48.5 Å². The van der Waals surface area contributed by atoms with Crippen molar-refractivity contribution in [2.45, 2.75) is 180 Å². The molecule has 17 nitrogen and oxygen atoms in total. The highest BCUT2D eigenvalue weighted by Crippen LogP contribution is 2.23. The summed E-state index contributed by atoms with van der Waals surface area (Å²) in [5.74, 6) is -2.68. The molecule has 0 spiro atoms. The smallest absolute Gasteiger partial charge is 0.312 e. The van der Waals surface area contributed by atoms with Gasteiger partial charge in [0.1, 0.15) is 20.5 Å². The summed E-state index contributed by atoms with van der Waals surface area (Å²) in [5, 5.41) is 16.9. The SMILES string of the molecule is CCCNC(N)=O.SC1CCCCCCCC(S)C1.[B]C(=O)OCc1ccc(NC(=O)CNC(=O)C(NC(=O)CC)C(C)C)cc1.[B]C(C)(C)OCCC(C)(C)NC(=O)CNC(=O)c1ccc(C(=O)C(C)CC)cc1. The van der Waals surface area contributed by atoms with Crippen LogP contribution in [0.15, 0.2) is 48.5 Å². The molecule has 8 N–H and O–H groups in total. The van der Waals surface area contributed by atoms with Crippen molar-refractivity contribution in [2.24, 2.45) is 17.6 Å². The second-order valence-corrected chi connectivity index (χ2v) is 21.4. The van der Waals surface area contributed by atoms with Gasteiger partial charge in [0.05, 0.1) is 13.1 Å². The minimum absolute atomic E-state index is 0.0414. The zero-order valence-corrected chi connectivity index (χ0v) is 48.0. The molecule has 2 aromatic rings. The van der Waals surface area contributed by atoms with Crippen LogP contribution in [0.1, 0.15) is 173 Å². The second-order valence-electron chi connectivity index (χ2n) is 20.0. The van der Waals surface area contributed by atoms with Crippen molar-refractivity contribution in [3.8, 4) is 0 Å². The Bertz CT molecular complexity index is 2030. The molecule has 0 bridgehead atoms. The van der Waals surface area contributed by atoms with Crippen LogP contribution in [0.3, 0.4) is 0 Å². The maximum atomic E-state index is 12.3. The minimum Gasteiger partial charge on any atom is -0.470 e. The fourth-order valence-corrected chi connectivity index (χ4v) is 7.83. The molecule has 0 aromatic heterocycles. The number of ether oxygens (including phenoxy) is 2. The molecule has 7 amide bonds.